The van der Waals surface area contributed by atoms with Gasteiger partial charge in [-0.3, -0.25) is 14.3 Å². The summed E-state index contributed by atoms with van der Waals surface area (Å²) >= 11 is 5.63. The minimum Gasteiger partial charge on any atom is -0.354 e. The molecule has 6 nitrogen and oxygen atoms in total. The van der Waals surface area contributed by atoms with Gasteiger partial charge < -0.3 is 10.6 Å². The number of hydrogen-bond donors (Lipinski definition) is 2. The lowest BCUT2D eigenvalue weighted by Gasteiger charge is -2.15. The van der Waals surface area contributed by atoms with E-state index in [-0.39, 0.29) is 5.91 Å². The third-order valence-corrected chi connectivity index (χ3v) is 3.67. The summed E-state index contributed by atoms with van der Waals surface area (Å²) in [6.45, 7) is 0.510. The number of carbonyl (C=O) groups excluding carboxylic acids is 2. The lowest BCUT2D eigenvalue weighted by atomic mass is 10.1. The third kappa shape index (κ3) is 3.34. The van der Waals surface area contributed by atoms with Crippen LogP contribution in [0.4, 0.5) is 13.2 Å². The van der Waals surface area contributed by atoms with Gasteiger partial charge in [0.15, 0.2) is 5.69 Å². The smallest absolute Gasteiger partial charge is 0.354 e. The Balaban J connectivity index is 2.23. The molecule has 0 saturated carbocycles. The predicted molar refractivity (Wildman–Crippen MR) is 71.3 cm³/mol. The molecule has 2 amide bonds. The topological polar surface area (TPSA) is 76.0 Å². The van der Waals surface area contributed by atoms with Crippen LogP contribution in [0, 0.1) is 0 Å². The quantitative estimate of drug-likeness (QED) is 0.858. The molecule has 0 aliphatic carbocycles. The fourth-order valence-corrected chi connectivity index (χ4v) is 2.58. The highest BCUT2D eigenvalue weighted by Gasteiger charge is 2.40. The van der Waals surface area contributed by atoms with Gasteiger partial charge in [0.05, 0.1) is 0 Å². The average molecular weight is 339 g/mol. The van der Waals surface area contributed by atoms with Crippen molar-refractivity contribution in [2.75, 3.05) is 6.54 Å². The van der Waals surface area contributed by atoms with Gasteiger partial charge in [0.1, 0.15) is 16.8 Å². The first-order chi connectivity index (χ1) is 10.2. The maximum absolute atomic E-state index is 12.7. The minimum absolute atomic E-state index is 0.361. The molecule has 1 aliphatic rings. The van der Waals surface area contributed by atoms with Crippen LogP contribution in [0.1, 0.15) is 35.4 Å². The minimum atomic E-state index is -4.76. The number of nitrogens with zero attached hydrogens (tertiary/aromatic N) is 2. The highest BCUT2D eigenvalue weighted by atomic mass is 35.5. The van der Waals surface area contributed by atoms with Gasteiger partial charge in [0.2, 0.25) is 5.91 Å². The van der Waals surface area contributed by atoms with Crippen LogP contribution < -0.4 is 10.6 Å². The van der Waals surface area contributed by atoms with E-state index in [1.54, 1.807) is 0 Å². The van der Waals surface area contributed by atoms with Crippen molar-refractivity contribution in [3.05, 3.63) is 16.4 Å². The first-order valence-electron chi connectivity index (χ1n) is 6.60. The molecule has 1 unspecified atom stereocenters. The van der Waals surface area contributed by atoms with E-state index in [1.165, 1.54) is 7.05 Å². The Morgan fingerprint density at radius 2 is 2.14 bits per heavy atom. The average Bonchev–Trinajstić information content (AvgIpc) is 2.57. The van der Waals surface area contributed by atoms with Gasteiger partial charge in [-0.2, -0.15) is 18.3 Å². The van der Waals surface area contributed by atoms with E-state index in [1.807, 2.05) is 0 Å². The molecule has 22 heavy (non-hydrogen) atoms. The molecule has 1 aromatic rings. The summed E-state index contributed by atoms with van der Waals surface area (Å²) in [7, 11) is 1.18. The van der Waals surface area contributed by atoms with Crippen molar-refractivity contribution in [3.63, 3.8) is 0 Å². The highest BCUT2D eigenvalue weighted by molar-refractivity contribution is 6.34. The molecule has 1 saturated heterocycles. The van der Waals surface area contributed by atoms with Crippen molar-refractivity contribution < 1.29 is 22.8 Å². The molecule has 0 radical (unpaired) electrons. The molecule has 0 aromatic carbocycles. The molecule has 2 N–H and O–H groups in total. The number of aryl methyl sites for hydroxylation is 1. The summed E-state index contributed by atoms with van der Waals surface area (Å²) in [5, 5.41) is 7.48. The summed E-state index contributed by atoms with van der Waals surface area (Å²) in [4.78, 5) is 23.9. The fourth-order valence-electron chi connectivity index (χ4n) is 2.23. The normalized spacial score (nSPS) is 19.5. The molecule has 2 rings (SSSR count). The largest absolute Gasteiger partial charge is 0.436 e. The number of carbonyl (C=O) groups is 2. The SMILES string of the molecule is Cn1nc(C(F)(F)F)c(Cl)c1C(=O)NC1CCCCNC1=O. The Hall–Kier alpha value is -1.77. The molecule has 10 heteroatoms. The number of halogens is 4. The zero-order valence-electron chi connectivity index (χ0n) is 11.6. The van der Waals surface area contributed by atoms with E-state index in [9.17, 15) is 22.8 Å². The molecular formula is C12H14ClF3N4O2. The Morgan fingerprint density at radius 1 is 1.45 bits per heavy atom. The Labute approximate surface area is 129 Å². The van der Waals surface area contributed by atoms with Gasteiger partial charge in [0, 0.05) is 13.6 Å². The second-order valence-electron chi connectivity index (χ2n) is 4.95. The van der Waals surface area contributed by atoms with E-state index in [2.05, 4.69) is 15.7 Å². The summed E-state index contributed by atoms with van der Waals surface area (Å²) in [6, 6.07) is -0.796. The van der Waals surface area contributed by atoms with Crippen LogP contribution in [0.2, 0.25) is 5.02 Å². The summed E-state index contributed by atoms with van der Waals surface area (Å²) in [6.07, 6.45) is -2.84. The van der Waals surface area contributed by atoms with Crippen molar-refractivity contribution in [2.45, 2.75) is 31.5 Å². The molecule has 0 bridgehead atoms. The van der Waals surface area contributed by atoms with Crippen LogP contribution in [-0.2, 0) is 18.0 Å². The van der Waals surface area contributed by atoms with Crippen molar-refractivity contribution in [1.29, 1.82) is 0 Å². The van der Waals surface area contributed by atoms with E-state index < -0.39 is 34.5 Å². The summed E-state index contributed by atoms with van der Waals surface area (Å²) in [5.41, 5.74) is -1.75. The summed E-state index contributed by atoms with van der Waals surface area (Å²) in [5.74, 6) is -1.22. The Bertz CT molecular complexity index is 600. The molecule has 1 aliphatic heterocycles. The number of hydrogen-bond acceptors (Lipinski definition) is 3. The molecule has 1 fully saturated rings. The second kappa shape index (κ2) is 6.15. The first kappa shape index (κ1) is 16.6. The molecule has 2 heterocycles. The summed E-state index contributed by atoms with van der Waals surface area (Å²) < 4.78 is 38.9. The monoisotopic (exact) mass is 338 g/mol. The van der Waals surface area contributed by atoms with Crippen molar-refractivity contribution in [3.8, 4) is 0 Å². The fraction of sp³-hybridized carbons (Fsp3) is 0.583. The van der Waals surface area contributed by atoms with Crippen molar-refractivity contribution >= 4 is 23.4 Å². The van der Waals surface area contributed by atoms with Crippen molar-refractivity contribution in [1.82, 2.24) is 20.4 Å². The Kier molecular flexibility index (Phi) is 4.64. The van der Waals surface area contributed by atoms with Crippen LogP contribution in [0.5, 0.6) is 0 Å². The Morgan fingerprint density at radius 3 is 2.73 bits per heavy atom. The lowest BCUT2D eigenvalue weighted by Crippen LogP contribution is -2.45. The maximum Gasteiger partial charge on any atom is 0.436 e. The number of rotatable bonds is 2. The van der Waals surface area contributed by atoms with Crippen molar-refractivity contribution in [2.24, 2.45) is 7.05 Å². The zero-order valence-corrected chi connectivity index (χ0v) is 12.4. The maximum atomic E-state index is 12.7. The third-order valence-electron chi connectivity index (χ3n) is 3.31. The van der Waals surface area contributed by atoms with Gasteiger partial charge in [-0.1, -0.05) is 11.6 Å². The van der Waals surface area contributed by atoms with Crippen LogP contribution in [0.15, 0.2) is 0 Å². The van der Waals surface area contributed by atoms with Crippen LogP contribution in [-0.4, -0.2) is 34.2 Å². The van der Waals surface area contributed by atoms with E-state index >= 15 is 0 Å². The van der Waals surface area contributed by atoms with Gasteiger partial charge in [0.25, 0.3) is 5.91 Å². The van der Waals surface area contributed by atoms with Gasteiger partial charge in [-0.05, 0) is 19.3 Å². The van der Waals surface area contributed by atoms with Gasteiger partial charge >= 0.3 is 6.18 Å². The number of alkyl halides is 3. The van der Waals surface area contributed by atoms with E-state index in [4.69, 9.17) is 11.6 Å². The van der Waals surface area contributed by atoms with Crippen LogP contribution in [0.3, 0.4) is 0 Å². The molecule has 122 valence electrons. The molecular weight excluding hydrogens is 325 g/mol. The van der Waals surface area contributed by atoms with E-state index in [0.29, 0.717) is 13.0 Å². The first-order valence-corrected chi connectivity index (χ1v) is 6.98. The lowest BCUT2D eigenvalue weighted by molar-refractivity contribution is -0.141. The van der Waals surface area contributed by atoms with Gasteiger partial charge in [-0.25, -0.2) is 0 Å². The number of amides is 2. The number of aromatic nitrogens is 2. The van der Waals surface area contributed by atoms with Crippen LogP contribution >= 0.6 is 11.6 Å². The highest BCUT2D eigenvalue weighted by Crippen LogP contribution is 2.35. The van der Waals surface area contributed by atoms with Crippen LogP contribution in [0.25, 0.3) is 0 Å². The van der Waals surface area contributed by atoms with E-state index in [0.717, 1.165) is 17.5 Å². The molecule has 0 spiro atoms. The van der Waals surface area contributed by atoms with Gasteiger partial charge in [-0.15, -0.1) is 0 Å². The molecule has 1 aromatic heterocycles. The molecule has 1 atom stereocenters. The predicted octanol–water partition coefficient (Wildman–Crippen LogP) is 1.49. The zero-order chi connectivity index (χ0) is 16.5. The number of nitrogens with one attached hydrogen (secondary N) is 2. The second-order valence-corrected chi connectivity index (χ2v) is 5.32. The standard InChI is InChI=1S/C12H14ClF3N4O2/c1-20-8(7(13)9(19-20)12(14,15)16)11(22)18-6-4-2-3-5-17-10(6)21/h6H,2-5H2,1H3,(H,17,21)(H,18,22).